The highest BCUT2D eigenvalue weighted by Gasteiger charge is 2.16. The molecular formula is C16H25ClN2O3. The Labute approximate surface area is 138 Å². The van der Waals surface area contributed by atoms with Crippen molar-refractivity contribution in [3.63, 3.8) is 0 Å². The Balaban J connectivity index is 0.00000441. The quantitative estimate of drug-likeness (QED) is 0.539. The molecule has 5 nitrogen and oxygen atoms in total. The maximum absolute atomic E-state index is 12.0. The van der Waals surface area contributed by atoms with Crippen LogP contribution in [0.3, 0.4) is 0 Å². The van der Waals surface area contributed by atoms with Crippen LogP contribution in [0.1, 0.15) is 37.3 Å². The molecule has 0 aliphatic carbocycles. The normalized spacial score (nSPS) is 11.2. The number of benzene rings is 1. The van der Waals surface area contributed by atoms with Crippen LogP contribution >= 0.6 is 12.4 Å². The van der Waals surface area contributed by atoms with Crippen LogP contribution in [0.2, 0.25) is 0 Å². The topological polar surface area (TPSA) is 67.4 Å². The monoisotopic (exact) mass is 328 g/mol. The van der Waals surface area contributed by atoms with Crippen LogP contribution in [0, 0.1) is 0 Å². The van der Waals surface area contributed by atoms with E-state index in [0.717, 1.165) is 18.5 Å². The molecule has 1 aromatic carbocycles. The van der Waals surface area contributed by atoms with Gasteiger partial charge in [0, 0.05) is 12.8 Å². The Hall–Kier alpha value is -1.59. The number of carbonyl (C=O) groups excluding carboxylic acids is 2. The molecule has 6 heteroatoms. The molecule has 0 aliphatic heterocycles. The molecule has 1 unspecified atom stereocenters. The van der Waals surface area contributed by atoms with Gasteiger partial charge < -0.3 is 15.4 Å². The molecule has 0 saturated heterocycles. The van der Waals surface area contributed by atoms with Gasteiger partial charge in [0.2, 0.25) is 5.91 Å². The predicted octanol–water partition coefficient (Wildman–Crippen LogP) is 2.22. The molecule has 1 amide bonds. The molecular weight excluding hydrogens is 304 g/mol. The summed E-state index contributed by atoms with van der Waals surface area (Å²) < 4.78 is 4.66. The first-order valence-corrected chi connectivity index (χ1v) is 7.23. The Bertz CT molecular complexity index is 440. The average molecular weight is 329 g/mol. The van der Waals surface area contributed by atoms with Gasteiger partial charge in [-0.15, -0.1) is 12.4 Å². The van der Waals surface area contributed by atoms with Crippen molar-refractivity contribution in [2.45, 2.75) is 31.7 Å². The van der Waals surface area contributed by atoms with Crippen LogP contribution in [0.25, 0.3) is 0 Å². The zero-order chi connectivity index (χ0) is 15.5. The first-order valence-electron chi connectivity index (χ1n) is 7.23. The number of esters is 1. The number of hydrogen-bond donors (Lipinski definition) is 2. The average Bonchev–Trinajstić information content (AvgIpc) is 2.52. The van der Waals surface area contributed by atoms with Gasteiger partial charge in [0.1, 0.15) is 0 Å². The number of methoxy groups -OCH3 is 1. The first kappa shape index (κ1) is 20.4. The summed E-state index contributed by atoms with van der Waals surface area (Å²) in [6, 6.07) is 9.52. The summed E-state index contributed by atoms with van der Waals surface area (Å²) in [5, 5.41) is 6.01. The Morgan fingerprint density at radius 1 is 1.18 bits per heavy atom. The van der Waals surface area contributed by atoms with E-state index in [-0.39, 0.29) is 36.7 Å². The minimum Gasteiger partial charge on any atom is -0.469 e. The summed E-state index contributed by atoms with van der Waals surface area (Å²) in [5.41, 5.74) is 1.00. The van der Waals surface area contributed by atoms with Gasteiger partial charge in [-0.3, -0.25) is 9.59 Å². The van der Waals surface area contributed by atoms with E-state index < -0.39 is 0 Å². The van der Waals surface area contributed by atoms with Crippen molar-refractivity contribution in [1.82, 2.24) is 10.6 Å². The number of hydrogen-bond acceptors (Lipinski definition) is 4. The second-order valence-electron chi connectivity index (χ2n) is 4.85. The van der Waals surface area contributed by atoms with Crippen LogP contribution in [-0.2, 0) is 14.3 Å². The van der Waals surface area contributed by atoms with Gasteiger partial charge in [-0.05, 0) is 32.0 Å². The van der Waals surface area contributed by atoms with Crippen molar-refractivity contribution in [2.75, 3.05) is 20.7 Å². The predicted molar refractivity (Wildman–Crippen MR) is 89.0 cm³/mol. The van der Waals surface area contributed by atoms with Crippen LogP contribution in [-0.4, -0.2) is 32.6 Å². The molecule has 0 aliphatic rings. The van der Waals surface area contributed by atoms with Gasteiger partial charge in [0.15, 0.2) is 0 Å². The third kappa shape index (κ3) is 8.00. The number of ether oxygens (including phenoxy) is 1. The zero-order valence-corrected chi connectivity index (χ0v) is 13.9. The van der Waals surface area contributed by atoms with Crippen LogP contribution < -0.4 is 10.6 Å². The van der Waals surface area contributed by atoms with Crippen molar-refractivity contribution in [2.24, 2.45) is 0 Å². The molecule has 0 radical (unpaired) electrons. The highest BCUT2D eigenvalue weighted by atomic mass is 35.5. The van der Waals surface area contributed by atoms with Crippen molar-refractivity contribution >= 4 is 24.3 Å². The van der Waals surface area contributed by atoms with E-state index in [2.05, 4.69) is 15.4 Å². The van der Waals surface area contributed by atoms with Gasteiger partial charge in [-0.1, -0.05) is 30.3 Å². The molecule has 2 N–H and O–H groups in total. The van der Waals surface area contributed by atoms with Gasteiger partial charge in [-0.25, -0.2) is 0 Å². The molecule has 124 valence electrons. The maximum Gasteiger partial charge on any atom is 0.305 e. The summed E-state index contributed by atoms with van der Waals surface area (Å²) in [5.74, 6) is -0.260. The second kappa shape index (κ2) is 12.0. The third-order valence-electron chi connectivity index (χ3n) is 3.23. The molecule has 1 rings (SSSR count). The van der Waals surface area contributed by atoms with Crippen molar-refractivity contribution in [3.05, 3.63) is 35.9 Å². The van der Waals surface area contributed by atoms with Crippen LogP contribution in [0.5, 0.6) is 0 Å². The Kier molecular flexibility index (Phi) is 11.1. The van der Waals surface area contributed by atoms with Gasteiger partial charge in [-0.2, -0.15) is 0 Å². The van der Waals surface area contributed by atoms with Crippen molar-refractivity contribution in [3.8, 4) is 0 Å². The molecule has 0 bridgehead atoms. The van der Waals surface area contributed by atoms with Crippen molar-refractivity contribution in [1.29, 1.82) is 0 Å². The number of carbonyl (C=O) groups is 2. The fourth-order valence-electron chi connectivity index (χ4n) is 2.06. The number of amides is 1. The van der Waals surface area contributed by atoms with E-state index in [9.17, 15) is 9.59 Å². The lowest BCUT2D eigenvalue weighted by atomic mass is 10.0. The summed E-state index contributed by atoms with van der Waals surface area (Å²) >= 11 is 0. The van der Waals surface area contributed by atoms with E-state index in [0.29, 0.717) is 12.8 Å². The first-order chi connectivity index (χ1) is 10.2. The number of rotatable bonds is 9. The van der Waals surface area contributed by atoms with Crippen molar-refractivity contribution < 1.29 is 14.3 Å². The smallest absolute Gasteiger partial charge is 0.305 e. The maximum atomic E-state index is 12.0. The molecule has 0 saturated carbocycles. The number of halogens is 1. The van der Waals surface area contributed by atoms with E-state index in [1.165, 1.54) is 7.11 Å². The summed E-state index contributed by atoms with van der Waals surface area (Å²) in [7, 11) is 3.23. The lowest BCUT2D eigenvalue weighted by Crippen LogP contribution is -2.29. The zero-order valence-electron chi connectivity index (χ0n) is 13.1. The molecule has 0 spiro atoms. The highest BCUT2D eigenvalue weighted by Crippen LogP contribution is 2.18. The number of nitrogens with one attached hydrogen (secondary N) is 2. The van der Waals surface area contributed by atoms with E-state index in [1.54, 1.807) is 0 Å². The standard InChI is InChI=1S/C16H24N2O3.ClH/c1-17-12-6-9-15(19)18-14(10-11-16(20)21-2)13-7-4-3-5-8-13;/h3-5,7-8,14,17H,6,9-12H2,1-2H3,(H,18,19);1H. The summed E-state index contributed by atoms with van der Waals surface area (Å²) in [6.07, 6.45) is 2.09. The van der Waals surface area contributed by atoms with Crippen LogP contribution in [0.15, 0.2) is 30.3 Å². The lowest BCUT2D eigenvalue weighted by molar-refractivity contribution is -0.141. The van der Waals surface area contributed by atoms with Gasteiger partial charge in [0.25, 0.3) is 0 Å². The SMILES string of the molecule is CNCCCC(=O)NC(CCC(=O)OC)c1ccccc1.Cl. The largest absolute Gasteiger partial charge is 0.469 e. The fourth-order valence-corrected chi connectivity index (χ4v) is 2.06. The van der Waals surface area contributed by atoms with Crippen LogP contribution in [0.4, 0.5) is 0 Å². The molecule has 1 atom stereocenters. The Morgan fingerprint density at radius 2 is 1.86 bits per heavy atom. The molecule has 0 aromatic heterocycles. The molecule has 0 fully saturated rings. The lowest BCUT2D eigenvalue weighted by Gasteiger charge is -2.19. The molecule has 0 heterocycles. The van der Waals surface area contributed by atoms with Gasteiger partial charge in [0.05, 0.1) is 13.2 Å². The minimum absolute atomic E-state index is 0. The third-order valence-corrected chi connectivity index (χ3v) is 3.23. The van der Waals surface area contributed by atoms with E-state index in [1.807, 2.05) is 37.4 Å². The summed E-state index contributed by atoms with van der Waals surface area (Å²) in [4.78, 5) is 23.3. The second-order valence-corrected chi connectivity index (χ2v) is 4.85. The summed E-state index contributed by atoms with van der Waals surface area (Å²) in [6.45, 7) is 0.811. The van der Waals surface area contributed by atoms with E-state index >= 15 is 0 Å². The molecule has 1 aromatic rings. The van der Waals surface area contributed by atoms with Gasteiger partial charge >= 0.3 is 5.97 Å². The van der Waals surface area contributed by atoms with E-state index in [4.69, 9.17) is 0 Å². The molecule has 22 heavy (non-hydrogen) atoms. The Morgan fingerprint density at radius 3 is 2.45 bits per heavy atom. The minimum atomic E-state index is -0.264. The fraction of sp³-hybridized carbons (Fsp3) is 0.500. The highest BCUT2D eigenvalue weighted by molar-refractivity contribution is 5.85.